The van der Waals surface area contributed by atoms with Gasteiger partial charge in [0.25, 0.3) is 5.91 Å². The van der Waals surface area contributed by atoms with E-state index in [9.17, 15) is 29.1 Å². The third-order valence-electron chi connectivity index (χ3n) is 9.45. The minimum atomic E-state index is -1.07. The van der Waals surface area contributed by atoms with Crippen molar-refractivity contribution in [1.29, 1.82) is 0 Å². The Morgan fingerprint density at radius 3 is 2.61 bits per heavy atom. The van der Waals surface area contributed by atoms with Crippen molar-refractivity contribution in [2.75, 3.05) is 18.5 Å². The fraction of sp³-hybridized carbons (Fsp3) is 0.387. The number of carboxylic acids is 1. The molecule has 13 heteroatoms. The number of aliphatic carboxylic acids is 1. The number of hydrogen-bond acceptors (Lipinski definition) is 8. The van der Waals surface area contributed by atoms with Crippen LogP contribution in [0, 0.1) is 36.5 Å². The van der Waals surface area contributed by atoms with Crippen molar-refractivity contribution in [3.63, 3.8) is 0 Å². The topological polar surface area (TPSA) is 146 Å². The number of rotatable bonds is 8. The SMILES string of the molecule is Cc1ccccc1NC(=O)COc1ccc(Cl)cc1[C@H]1c2sc(=O)[nH]c2SC2C3CC(C4C(=O)N(CCC(=O)O)C(=O)C34)C21. The van der Waals surface area contributed by atoms with Gasteiger partial charge in [-0.2, -0.15) is 0 Å². The molecule has 0 spiro atoms. The average molecular weight is 654 g/mol. The van der Waals surface area contributed by atoms with Crippen LogP contribution in [0.1, 0.15) is 34.8 Å². The first kappa shape index (κ1) is 29.1. The summed E-state index contributed by atoms with van der Waals surface area (Å²) in [5.74, 6) is -3.30. The summed E-state index contributed by atoms with van der Waals surface area (Å²) in [6.45, 7) is 1.51. The van der Waals surface area contributed by atoms with Crippen LogP contribution in [0.4, 0.5) is 5.69 Å². The van der Waals surface area contributed by atoms with Crippen molar-refractivity contribution in [3.8, 4) is 5.75 Å². The highest BCUT2D eigenvalue weighted by Gasteiger charge is 2.69. The Hall–Kier alpha value is -3.61. The number of carbonyl (C=O) groups excluding carboxylic acids is 3. The fourth-order valence-electron chi connectivity index (χ4n) is 7.79. The first-order valence-corrected chi connectivity index (χ1v) is 16.4. The molecule has 3 N–H and O–H groups in total. The van der Waals surface area contributed by atoms with Crippen molar-refractivity contribution in [2.45, 2.75) is 36.0 Å². The van der Waals surface area contributed by atoms with Gasteiger partial charge in [-0.05, 0) is 60.9 Å². The molecular formula is C31H28ClN3O7S2. The first-order chi connectivity index (χ1) is 21.1. The minimum absolute atomic E-state index is 0.0589. The van der Waals surface area contributed by atoms with Crippen LogP contribution in [0.2, 0.25) is 5.02 Å². The van der Waals surface area contributed by atoms with E-state index >= 15 is 0 Å². The number of benzene rings is 2. The van der Waals surface area contributed by atoms with E-state index in [1.165, 1.54) is 0 Å². The Bertz CT molecular complexity index is 1770. The predicted molar refractivity (Wildman–Crippen MR) is 164 cm³/mol. The standard InChI is InChI=1S/C31H28ClN3O7S2/c1-13-4-2-3-5-18(13)33-20(36)12-42-19-7-6-14(32)10-15(19)22-23-16-11-17(26(23)43-28-27(22)44-31(41)34-28)25-24(16)29(39)35(30(25)40)9-8-21(37)38/h2-7,10,16-17,22-26H,8-9,11-12H2,1H3,(H,33,36)(H,34,41)(H,37,38)/t16?,17?,22-,23?,24?,25?,26?/m1/s1. The number of para-hydroxylation sites is 1. The molecule has 3 aromatic rings. The van der Waals surface area contributed by atoms with E-state index < -0.39 is 17.8 Å². The number of H-pyrrole nitrogens is 1. The predicted octanol–water partition coefficient (Wildman–Crippen LogP) is 4.36. The molecule has 3 heterocycles. The van der Waals surface area contributed by atoms with Gasteiger partial charge in [0.1, 0.15) is 5.75 Å². The van der Waals surface area contributed by atoms with Crippen molar-refractivity contribution in [3.05, 3.63) is 73.2 Å². The number of carboxylic acid groups (broad SMARTS) is 1. The monoisotopic (exact) mass is 653 g/mol. The van der Waals surface area contributed by atoms with Gasteiger partial charge in [-0.1, -0.05) is 41.1 Å². The number of thiazole rings is 1. The van der Waals surface area contributed by atoms with Gasteiger partial charge < -0.3 is 20.1 Å². The zero-order chi connectivity index (χ0) is 30.9. The number of ether oxygens (including phenoxy) is 1. The molecule has 7 rings (SSSR count). The molecule has 44 heavy (non-hydrogen) atoms. The third kappa shape index (κ3) is 4.74. The van der Waals surface area contributed by atoms with E-state index in [0.29, 0.717) is 22.9 Å². The number of hydrogen-bond donors (Lipinski definition) is 3. The normalized spacial score (nSPS) is 28.0. The number of likely N-dealkylation sites (tertiary alicyclic amines) is 1. The number of nitrogens with one attached hydrogen (secondary N) is 2. The number of halogens is 1. The summed E-state index contributed by atoms with van der Waals surface area (Å²) in [7, 11) is 0. The Balaban J connectivity index is 1.22. The molecule has 1 aromatic heterocycles. The molecule has 1 saturated heterocycles. The molecule has 7 atom stereocenters. The van der Waals surface area contributed by atoms with Gasteiger partial charge >= 0.3 is 10.8 Å². The number of anilines is 1. The molecule has 2 aliphatic heterocycles. The summed E-state index contributed by atoms with van der Waals surface area (Å²) in [4.78, 5) is 68.5. The zero-order valence-corrected chi connectivity index (χ0v) is 25.8. The van der Waals surface area contributed by atoms with Crippen LogP contribution in [0.5, 0.6) is 5.75 Å². The first-order valence-electron chi connectivity index (χ1n) is 14.4. The maximum Gasteiger partial charge on any atom is 0.305 e. The lowest BCUT2D eigenvalue weighted by atomic mass is 9.68. The van der Waals surface area contributed by atoms with E-state index in [1.54, 1.807) is 30.0 Å². The number of aromatic nitrogens is 1. The van der Waals surface area contributed by atoms with E-state index in [1.807, 2.05) is 31.2 Å². The molecule has 2 bridgehead atoms. The van der Waals surface area contributed by atoms with Crippen LogP contribution >= 0.6 is 34.7 Å². The zero-order valence-electron chi connectivity index (χ0n) is 23.4. The second kappa shape index (κ2) is 11.1. The van der Waals surface area contributed by atoms with Crippen molar-refractivity contribution < 1.29 is 29.0 Å². The molecule has 0 radical (unpaired) electrons. The fourth-order valence-corrected chi connectivity index (χ4v) is 10.9. The van der Waals surface area contributed by atoms with E-state index in [0.717, 1.165) is 37.3 Å². The molecular weight excluding hydrogens is 626 g/mol. The molecule has 2 aromatic carbocycles. The summed E-state index contributed by atoms with van der Waals surface area (Å²) in [5.41, 5.74) is 2.33. The van der Waals surface area contributed by atoms with Gasteiger partial charge in [-0.3, -0.25) is 28.9 Å². The second-order valence-corrected chi connectivity index (χ2v) is 14.4. The second-order valence-electron chi connectivity index (χ2n) is 11.8. The lowest BCUT2D eigenvalue weighted by Crippen LogP contribution is -2.42. The Labute approximate surface area is 265 Å². The number of imide groups is 1. The lowest BCUT2D eigenvalue weighted by molar-refractivity contribution is -0.142. The minimum Gasteiger partial charge on any atom is -0.483 e. The van der Waals surface area contributed by atoms with Crippen LogP contribution in [0.15, 0.2) is 52.3 Å². The summed E-state index contributed by atoms with van der Waals surface area (Å²) in [6, 6.07) is 12.7. The van der Waals surface area contributed by atoms with Crippen LogP contribution < -0.4 is 14.9 Å². The maximum atomic E-state index is 13.6. The number of thioether (sulfide) groups is 1. The summed E-state index contributed by atoms with van der Waals surface area (Å²) >= 11 is 9.20. The van der Waals surface area contributed by atoms with Crippen molar-refractivity contribution in [1.82, 2.24) is 9.88 Å². The van der Waals surface area contributed by atoms with Crippen LogP contribution in [0.25, 0.3) is 0 Å². The molecule has 2 aliphatic carbocycles. The molecule has 3 fully saturated rings. The number of fused-ring (bicyclic) bond motifs is 9. The molecule has 3 amide bonds. The summed E-state index contributed by atoms with van der Waals surface area (Å²) in [6.07, 6.45) is 0.392. The molecule has 10 nitrogen and oxygen atoms in total. The third-order valence-corrected chi connectivity index (χ3v) is 12.3. The number of nitrogens with zero attached hydrogens (tertiary/aromatic N) is 1. The summed E-state index contributed by atoms with van der Waals surface area (Å²) in [5, 5.41) is 13.2. The smallest absolute Gasteiger partial charge is 0.305 e. The molecule has 2 saturated carbocycles. The Morgan fingerprint density at radius 1 is 1.11 bits per heavy atom. The van der Waals surface area contributed by atoms with E-state index in [2.05, 4.69) is 10.3 Å². The van der Waals surface area contributed by atoms with E-state index in [-0.39, 0.29) is 71.1 Å². The average Bonchev–Trinajstić information content (AvgIpc) is 3.71. The molecule has 4 aliphatic rings. The highest BCUT2D eigenvalue weighted by Crippen LogP contribution is 2.69. The number of aryl methyl sites for hydroxylation is 1. The lowest BCUT2D eigenvalue weighted by Gasteiger charge is -2.43. The largest absolute Gasteiger partial charge is 0.483 e. The maximum absolute atomic E-state index is 13.6. The number of aromatic amines is 1. The molecule has 228 valence electrons. The van der Waals surface area contributed by atoms with Gasteiger partial charge in [0.15, 0.2) is 6.61 Å². The van der Waals surface area contributed by atoms with Gasteiger partial charge in [0.2, 0.25) is 11.8 Å². The number of carbonyl (C=O) groups is 4. The van der Waals surface area contributed by atoms with Gasteiger partial charge in [0.05, 0.1) is 23.3 Å². The van der Waals surface area contributed by atoms with Crippen LogP contribution in [-0.2, 0) is 19.2 Å². The van der Waals surface area contributed by atoms with E-state index in [4.69, 9.17) is 16.3 Å². The van der Waals surface area contributed by atoms with Gasteiger partial charge in [-0.25, -0.2) is 0 Å². The highest BCUT2D eigenvalue weighted by atomic mass is 35.5. The summed E-state index contributed by atoms with van der Waals surface area (Å²) < 4.78 is 6.12. The van der Waals surface area contributed by atoms with Crippen molar-refractivity contribution in [2.24, 2.45) is 29.6 Å². The Morgan fingerprint density at radius 2 is 1.86 bits per heavy atom. The highest BCUT2D eigenvalue weighted by molar-refractivity contribution is 8.00. The quantitative estimate of drug-likeness (QED) is 0.304. The van der Waals surface area contributed by atoms with Crippen molar-refractivity contribution >= 4 is 64.1 Å². The van der Waals surface area contributed by atoms with Crippen LogP contribution in [-0.4, -0.2) is 57.1 Å². The number of amides is 3. The van der Waals surface area contributed by atoms with Gasteiger partial charge in [-0.15, -0.1) is 11.8 Å². The van der Waals surface area contributed by atoms with Crippen LogP contribution in [0.3, 0.4) is 0 Å². The Kier molecular flexibility index (Phi) is 7.33. The molecule has 6 unspecified atom stereocenters. The van der Waals surface area contributed by atoms with Gasteiger partial charge in [0, 0.05) is 38.9 Å².